The van der Waals surface area contributed by atoms with Gasteiger partial charge in [-0.2, -0.15) is 0 Å². The van der Waals surface area contributed by atoms with Gasteiger partial charge in [0.15, 0.2) is 0 Å². The lowest BCUT2D eigenvalue weighted by Crippen LogP contribution is -2.18. The molecular formula is C13H20. The normalized spacial score (nSPS) is 28.1. The summed E-state index contributed by atoms with van der Waals surface area (Å²) in [6.07, 6.45) is 11.8. The molecule has 1 atom stereocenters. The van der Waals surface area contributed by atoms with Crippen LogP contribution in [0.25, 0.3) is 0 Å². The van der Waals surface area contributed by atoms with Crippen molar-refractivity contribution in [3.05, 3.63) is 23.3 Å². The molecule has 0 radical (unpaired) electrons. The van der Waals surface area contributed by atoms with Crippen LogP contribution < -0.4 is 0 Å². The Balaban J connectivity index is 2.18. The van der Waals surface area contributed by atoms with E-state index in [9.17, 15) is 0 Å². The largest absolute Gasteiger partial charge is 0.0809 e. The molecule has 0 aliphatic heterocycles. The highest BCUT2D eigenvalue weighted by Crippen LogP contribution is 2.40. The molecule has 0 aromatic carbocycles. The number of fused-ring (bicyclic) bond motifs is 1. The summed E-state index contributed by atoms with van der Waals surface area (Å²) in [4.78, 5) is 0. The van der Waals surface area contributed by atoms with E-state index in [4.69, 9.17) is 0 Å². The molecule has 0 nitrogen and oxygen atoms in total. The summed E-state index contributed by atoms with van der Waals surface area (Å²) in [5.41, 5.74) is 3.47. The van der Waals surface area contributed by atoms with Gasteiger partial charge < -0.3 is 0 Å². The average Bonchev–Trinajstić information content (AvgIpc) is 2.17. The van der Waals surface area contributed by atoms with Crippen LogP contribution in [0.1, 0.15) is 46.0 Å². The van der Waals surface area contributed by atoms with Crippen molar-refractivity contribution in [3.63, 3.8) is 0 Å². The lowest BCUT2D eigenvalue weighted by molar-refractivity contribution is 0.462. The molecule has 0 heteroatoms. The number of hydrogen-bond acceptors (Lipinski definition) is 0. The van der Waals surface area contributed by atoms with E-state index in [-0.39, 0.29) is 0 Å². The average molecular weight is 176 g/mol. The maximum absolute atomic E-state index is 2.47. The van der Waals surface area contributed by atoms with Gasteiger partial charge in [-0.3, -0.25) is 0 Å². The lowest BCUT2D eigenvalue weighted by Gasteiger charge is -2.32. The Kier molecular flexibility index (Phi) is 2.57. The van der Waals surface area contributed by atoms with Gasteiger partial charge in [0.2, 0.25) is 0 Å². The van der Waals surface area contributed by atoms with Crippen LogP contribution in [0.15, 0.2) is 23.3 Å². The summed E-state index contributed by atoms with van der Waals surface area (Å²) >= 11 is 0. The van der Waals surface area contributed by atoms with E-state index in [1.54, 1.807) is 11.1 Å². The van der Waals surface area contributed by atoms with Crippen molar-refractivity contribution in [2.24, 2.45) is 11.8 Å². The molecule has 0 bridgehead atoms. The summed E-state index contributed by atoms with van der Waals surface area (Å²) in [6, 6.07) is 0. The molecule has 1 saturated carbocycles. The third-order valence-electron chi connectivity index (χ3n) is 3.46. The Morgan fingerprint density at radius 1 is 1.23 bits per heavy atom. The van der Waals surface area contributed by atoms with Gasteiger partial charge in [-0.15, -0.1) is 0 Å². The monoisotopic (exact) mass is 176 g/mol. The van der Waals surface area contributed by atoms with Crippen LogP contribution in [-0.4, -0.2) is 0 Å². The van der Waals surface area contributed by atoms with Gasteiger partial charge in [-0.25, -0.2) is 0 Å². The Bertz CT molecular complexity index is 243. The fourth-order valence-corrected chi connectivity index (χ4v) is 2.79. The van der Waals surface area contributed by atoms with E-state index in [1.165, 1.54) is 32.1 Å². The maximum atomic E-state index is 2.47. The Labute approximate surface area is 81.7 Å². The molecule has 2 rings (SSSR count). The molecule has 2 aliphatic rings. The minimum Gasteiger partial charge on any atom is -0.0809 e. The molecule has 1 fully saturated rings. The van der Waals surface area contributed by atoms with Gasteiger partial charge in [0.25, 0.3) is 0 Å². The minimum absolute atomic E-state index is 0.756. The highest BCUT2D eigenvalue weighted by molar-refractivity contribution is 5.29. The molecule has 2 aliphatic carbocycles. The molecular weight excluding hydrogens is 156 g/mol. The first kappa shape index (κ1) is 9.05. The second kappa shape index (κ2) is 3.69. The van der Waals surface area contributed by atoms with Crippen LogP contribution >= 0.6 is 0 Å². The highest BCUT2D eigenvalue weighted by Gasteiger charge is 2.25. The van der Waals surface area contributed by atoms with Crippen LogP contribution in [0, 0.1) is 11.8 Å². The molecule has 0 aromatic rings. The molecule has 0 aromatic heterocycles. The van der Waals surface area contributed by atoms with Gasteiger partial charge in [-0.05, 0) is 31.6 Å². The molecule has 0 amide bonds. The first-order valence-corrected chi connectivity index (χ1v) is 5.68. The third kappa shape index (κ3) is 1.72. The molecule has 0 heterocycles. The van der Waals surface area contributed by atoms with Crippen LogP contribution in [0.3, 0.4) is 0 Å². The zero-order valence-corrected chi connectivity index (χ0v) is 8.84. The van der Waals surface area contributed by atoms with Crippen molar-refractivity contribution in [1.29, 1.82) is 0 Å². The Hall–Kier alpha value is -0.520. The summed E-state index contributed by atoms with van der Waals surface area (Å²) in [6.45, 7) is 4.67. The van der Waals surface area contributed by atoms with Crippen molar-refractivity contribution in [2.75, 3.05) is 0 Å². The third-order valence-corrected chi connectivity index (χ3v) is 3.46. The van der Waals surface area contributed by atoms with E-state index >= 15 is 0 Å². The molecule has 0 spiro atoms. The van der Waals surface area contributed by atoms with Gasteiger partial charge in [-0.1, -0.05) is 43.6 Å². The number of hydrogen-bond donors (Lipinski definition) is 0. The smallest absolute Gasteiger partial charge is 0.000969 e. The molecule has 0 N–H and O–H groups in total. The van der Waals surface area contributed by atoms with Crippen LogP contribution in [0.5, 0.6) is 0 Å². The van der Waals surface area contributed by atoms with Gasteiger partial charge in [0.1, 0.15) is 0 Å². The first-order valence-electron chi connectivity index (χ1n) is 5.68. The SMILES string of the molecule is CC(C)C1=CCC=C2CCCCC21. The Morgan fingerprint density at radius 2 is 2.08 bits per heavy atom. The van der Waals surface area contributed by atoms with Crippen LogP contribution in [0.4, 0.5) is 0 Å². The summed E-state index contributed by atoms with van der Waals surface area (Å²) in [5.74, 6) is 1.59. The molecule has 1 unspecified atom stereocenters. The van der Waals surface area contributed by atoms with E-state index < -0.39 is 0 Å². The standard InChI is InChI=1S/C13H20/c1-10(2)12-9-5-7-11-6-3-4-8-13(11)12/h7,9-10,13H,3-6,8H2,1-2H3. The number of rotatable bonds is 1. The fourth-order valence-electron chi connectivity index (χ4n) is 2.79. The predicted octanol–water partition coefficient (Wildman–Crippen LogP) is 4.09. The topological polar surface area (TPSA) is 0 Å². The number of allylic oxidation sites excluding steroid dienone is 4. The van der Waals surface area contributed by atoms with Crippen molar-refractivity contribution >= 4 is 0 Å². The minimum atomic E-state index is 0.756. The van der Waals surface area contributed by atoms with Crippen LogP contribution in [0.2, 0.25) is 0 Å². The highest BCUT2D eigenvalue weighted by atomic mass is 14.3. The predicted molar refractivity (Wildman–Crippen MR) is 57.6 cm³/mol. The van der Waals surface area contributed by atoms with E-state index in [0.717, 1.165) is 11.8 Å². The van der Waals surface area contributed by atoms with Crippen LogP contribution in [-0.2, 0) is 0 Å². The zero-order valence-electron chi connectivity index (χ0n) is 8.84. The fraction of sp³-hybridized carbons (Fsp3) is 0.692. The second-order valence-electron chi connectivity index (χ2n) is 4.67. The molecule has 13 heavy (non-hydrogen) atoms. The van der Waals surface area contributed by atoms with Gasteiger partial charge in [0, 0.05) is 5.92 Å². The quantitative estimate of drug-likeness (QED) is 0.528. The summed E-state index contributed by atoms with van der Waals surface area (Å²) in [7, 11) is 0. The van der Waals surface area contributed by atoms with Crippen molar-refractivity contribution < 1.29 is 0 Å². The Morgan fingerprint density at radius 3 is 2.85 bits per heavy atom. The lowest BCUT2D eigenvalue weighted by atomic mass is 9.73. The van der Waals surface area contributed by atoms with Gasteiger partial charge >= 0.3 is 0 Å². The summed E-state index contributed by atoms with van der Waals surface area (Å²) < 4.78 is 0. The van der Waals surface area contributed by atoms with E-state index in [0.29, 0.717) is 0 Å². The van der Waals surface area contributed by atoms with E-state index in [2.05, 4.69) is 26.0 Å². The molecule has 0 saturated heterocycles. The molecule has 72 valence electrons. The second-order valence-corrected chi connectivity index (χ2v) is 4.67. The van der Waals surface area contributed by atoms with Crippen molar-refractivity contribution in [1.82, 2.24) is 0 Å². The van der Waals surface area contributed by atoms with Crippen molar-refractivity contribution in [3.8, 4) is 0 Å². The zero-order chi connectivity index (χ0) is 9.26. The summed E-state index contributed by atoms with van der Waals surface area (Å²) in [5, 5.41) is 0. The van der Waals surface area contributed by atoms with Crippen molar-refractivity contribution in [2.45, 2.75) is 46.0 Å². The maximum Gasteiger partial charge on any atom is 0.000969 e. The van der Waals surface area contributed by atoms with E-state index in [1.807, 2.05) is 0 Å². The van der Waals surface area contributed by atoms with Gasteiger partial charge in [0.05, 0.1) is 0 Å². The first-order chi connectivity index (χ1) is 6.29.